The average Bonchev–Trinajstić information content (AvgIpc) is 2.64. The number of ether oxygens (including phenoxy) is 2. The van der Waals surface area contributed by atoms with Crippen LogP contribution in [0.1, 0.15) is 10.4 Å². The Morgan fingerprint density at radius 2 is 1.56 bits per heavy atom. The lowest BCUT2D eigenvalue weighted by Gasteiger charge is -2.08. The van der Waals surface area contributed by atoms with E-state index in [1.54, 1.807) is 12.1 Å². The fraction of sp³-hybridized carbons (Fsp3) is 0.100. The number of carbonyl (C=O) groups excluding carboxylic acids is 2. The fourth-order valence-electron chi connectivity index (χ4n) is 2.35. The molecule has 3 rings (SSSR count). The summed E-state index contributed by atoms with van der Waals surface area (Å²) in [7, 11) is 0. The van der Waals surface area contributed by atoms with Gasteiger partial charge >= 0.3 is 5.97 Å². The summed E-state index contributed by atoms with van der Waals surface area (Å²) in [5, 5.41) is 2.05. The molecule has 0 bridgehead atoms. The van der Waals surface area contributed by atoms with Crippen molar-refractivity contribution in [3.05, 3.63) is 78.1 Å². The molecule has 0 fully saturated rings. The molecule has 0 spiro atoms. The van der Waals surface area contributed by atoms with E-state index in [0.29, 0.717) is 5.75 Å². The highest BCUT2D eigenvalue weighted by atomic mass is 19.1. The van der Waals surface area contributed by atoms with Crippen LogP contribution in [0.2, 0.25) is 0 Å². The summed E-state index contributed by atoms with van der Waals surface area (Å²) < 4.78 is 23.7. The Kier molecular flexibility index (Phi) is 5.04. The highest BCUT2D eigenvalue weighted by Gasteiger charge is 2.14. The Morgan fingerprint density at radius 1 is 0.840 bits per heavy atom. The van der Waals surface area contributed by atoms with Gasteiger partial charge < -0.3 is 9.47 Å². The third kappa shape index (κ3) is 4.20. The van der Waals surface area contributed by atoms with E-state index >= 15 is 0 Å². The number of ketones is 1. The van der Waals surface area contributed by atoms with Crippen molar-refractivity contribution in [2.75, 3.05) is 13.2 Å². The summed E-state index contributed by atoms with van der Waals surface area (Å²) in [5.74, 6) is -1.41. The minimum Gasteiger partial charge on any atom is -0.482 e. The van der Waals surface area contributed by atoms with Gasteiger partial charge in [0, 0.05) is 0 Å². The second kappa shape index (κ2) is 7.57. The predicted molar refractivity (Wildman–Crippen MR) is 91.1 cm³/mol. The summed E-state index contributed by atoms with van der Waals surface area (Å²) in [4.78, 5) is 23.5. The monoisotopic (exact) mass is 338 g/mol. The maximum atomic E-state index is 13.5. The molecule has 0 heterocycles. The zero-order chi connectivity index (χ0) is 17.6. The van der Waals surface area contributed by atoms with Gasteiger partial charge in [0.2, 0.25) is 5.78 Å². The molecule has 3 aromatic carbocycles. The Labute approximate surface area is 143 Å². The van der Waals surface area contributed by atoms with Gasteiger partial charge in [-0.3, -0.25) is 4.79 Å². The van der Waals surface area contributed by atoms with Crippen LogP contribution < -0.4 is 4.74 Å². The van der Waals surface area contributed by atoms with Crippen LogP contribution >= 0.6 is 0 Å². The number of esters is 1. The zero-order valence-corrected chi connectivity index (χ0v) is 13.3. The lowest BCUT2D eigenvalue weighted by Crippen LogP contribution is -2.20. The summed E-state index contributed by atoms with van der Waals surface area (Å²) in [5.41, 5.74) is -0.106. The van der Waals surface area contributed by atoms with Gasteiger partial charge in [-0.1, -0.05) is 42.5 Å². The highest BCUT2D eigenvalue weighted by molar-refractivity contribution is 5.98. The Morgan fingerprint density at radius 3 is 2.36 bits per heavy atom. The van der Waals surface area contributed by atoms with Crippen molar-refractivity contribution in [3.63, 3.8) is 0 Å². The highest BCUT2D eigenvalue weighted by Crippen LogP contribution is 2.20. The molecule has 4 nitrogen and oxygen atoms in total. The molecule has 126 valence electrons. The fourth-order valence-corrected chi connectivity index (χ4v) is 2.35. The van der Waals surface area contributed by atoms with E-state index in [9.17, 15) is 14.0 Å². The average molecular weight is 338 g/mol. The minimum absolute atomic E-state index is 0.106. The van der Waals surface area contributed by atoms with Gasteiger partial charge in [0.15, 0.2) is 13.2 Å². The number of Topliss-reactive ketones (excluding diaryl/α,β-unsaturated/α-hetero) is 1. The van der Waals surface area contributed by atoms with Crippen LogP contribution in [-0.4, -0.2) is 25.0 Å². The number of carbonyl (C=O) groups is 2. The molecule has 0 N–H and O–H groups in total. The molecule has 0 saturated heterocycles. The molecule has 0 radical (unpaired) electrons. The first-order valence-corrected chi connectivity index (χ1v) is 7.68. The first kappa shape index (κ1) is 16.6. The number of hydrogen-bond acceptors (Lipinski definition) is 4. The minimum atomic E-state index is -0.696. The molecule has 0 atom stereocenters. The molecule has 5 heteroatoms. The number of hydrogen-bond donors (Lipinski definition) is 0. The van der Waals surface area contributed by atoms with Crippen molar-refractivity contribution in [2.45, 2.75) is 0 Å². The third-order valence-electron chi connectivity index (χ3n) is 3.62. The standard InChI is InChI=1S/C20H15FO4/c21-18-8-4-3-7-17(18)19(22)12-25-20(23)13-24-16-10-9-14-5-1-2-6-15(14)11-16/h1-11H,12-13H2. The van der Waals surface area contributed by atoms with Gasteiger partial charge in [-0.25, -0.2) is 9.18 Å². The molecule has 25 heavy (non-hydrogen) atoms. The first-order chi connectivity index (χ1) is 12.1. The Bertz CT molecular complexity index is 920. The maximum absolute atomic E-state index is 13.5. The molecule has 0 aliphatic heterocycles. The van der Waals surface area contributed by atoms with Gasteiger partial charge in [0.05, 0.1) is 5.56 Å². The second-order valence-corrected chi connectivity index (χ2v) is 5.36. The smallest absolute Gasteiger partial charge is 0.344 e. The molecular formula is C20H15FO4. The van der Waals surface area contributed by atoms with Gasteiger partial charge in [0.25, 0.3) is 0 Å². The molecule has 0 aliphatic rings. The van der Waals surface area contributed by atoms with E-state index in [4.69, 9.17) is 9.47 Å². The van der Waals surface area contributed by atoms with Crippen molar-refractivity contribution >= 4 is 22.5 Å². The van der Waals surface area contributed by atoms with E-state index < -0.39 is 24.2 Å². The van der Waals surface area contributed by atoms with E-state index in [2.05, 4.69) is 0 Å². The summed E-state index contributed by atoms with van der Waals surface area (Å²) in [6.07, 6.45) is 0. The SMILES string of the molecule is O=C(COc1ccc2ccccc2c1)OCC(=O)c1ccccc1F. The Balaban J connectivity index is 1.52. The van der Waals surface area contributed by atoms with Gasteiger partial charge in [0.1, 0.15) is 11.6 Å². The summed E-state index contributed by atoms with van der Waals surface area (Å²) in [6, 6.07) is 18.8. The Hall–Kier alpha value is -3.21. The topological polar surface area (TPSA) is 52.6 Å². The van der Waals surface area contributed by atoms with Crippen LogP contribution in [-0.2, 0) is 9.53 Å². The molecular weight excluding hydrogens is 323 g/mol. The van der Waals surface area contributed by atoms with Crippen molar-refractivity contribution < 1.29 is 23.5 Å². The van der Waals surface area contributed by atoms with Gasteiger partial charge in [-0.05, 0) is 35.0 Å². The van der Waals surface area contributed by atoms with Crippen molar-refractivity contribution in [2.24, 2.45) is 0 Å². The number of rotatable bonds is 6. The van der Waals surface area contributed by atoms with E-state index in [0.717, 1.165) is 10.8 Å². The van der Waals surface area contributed by atoms with Crippen LogP contribution in [0.15, 0.2) is 66.7 Å². The van der Waals surface area contributed by atoms with Crippen LogP contribution in [0.5, 0.6) is 5.75 Å². The van der Waals surface area contributed by atoms with Gasteiger partial charge in [-0.2, -0.15) is 0 Å². The van der Waals surface area contributed by atoms with E-state index in [1.165, 1.54) is 18.2 Å². The second-order valence-electron chi connectivity index (χ2n) is 5.36. The number of fused-ring (bicyclic) bond motifs is 1. The van der Waals surface area contributed by atoms with Crippen LogP contribution in [0.25, 0.3) is 10.8 Å². The molecule has 3 aromatic rings. The first-order valence-electron chi connectivity index (χ1n) is 7.68. The van der Waals surface area contributed by atoms with E-state index in [-0.39, 0.29) is 12.2 Å². The molecule has 0 unspecified atom stereocenters. The molecule has 0 aromatic heterocycles. The van der Waals surface area contributed by atoms with Gasteiger partial charge in [-0.15, -0.1) is 0 Å². The van der Waals surface area contributed by atoms with Crippen LogP contribution in [0.3, 0.4) is 0 Å². The lowest BCUT2D eigenvalue weighted by atomic mass is 10.1. The summed E-state index contributed by atoms with van der Waals surface area (Å²) >= 11 is 0. The van der Waals surface area contributed by atoms with Crippen molar-refractivity contribution in [1.82, 2.24) is 0 Å². The van der Waals surface area contributed by atoms with Crippen LogP contribution in [0.4, 0.5) is 4.39 Å². The molecule has 0 amide bonds. The predicted octanol–water partition coefficient (Wildman–Crippen LogP) is 3.78. The number of halogens is 1. The molecule has 0 saturated carbocycles. The summed E-state index contributed by atoms with van der Waals surface area (Å²) in [6.45, 7) is -0.857. The third-order valence-corrected chi connectivity index (χ3v) is 3.62. The van der Waals surface area contributed by atoms with Crippen molar-refractivity contribution in [3.8, 4) is 5.75 Å². The van der Waals surface area contributed by atoms with Crippen molar-refractivity contribution in [1.29, 1.82) is 0 Å². The number of benzene rings is 3. The zero-order valence-electron chi connectivity index (χ0n) is 13.3. The molecule has 0 aliphatic carbocycles. The maximum Gasteiger partial charge on any atom is 0.344 e. The lowest BCUT2D eigenvalue weighted by molar-refractivity contribution is -0.144. The van der Waals surface area contributed by atoms with Crippen LogP contribution in [0, 0.1) is 5.82 Å². The normalized spacial score (nSPS) is 10.4. The quantitative estimate of drug-likeness (QED) is 0.507. The largest absolute Gasteiger partial charge is 0.482 e. The van der Waals surface area contributed by atoms with E-state index in [1.807, 2.05) is 36.4 Å².